The molecule has 0 radical (unpaired) electrons. The Labute approximate surface area is 125 Å². The molecule has 0 aliphatic rings. The molecule has 2 nitrogen and oxygen atoms in total. The zero-order chi connectivity index (χ0) is 14.2. The molecule has 20 heavy (non-hydrogen) atoms. The second kappa shape index (κ2) is 7.75. The molecule has 0 aromatic heterocycles. The standard InChI is InChI=1S/C17H19NOS/c19-17(18-12-15-9-5-2-6-10-15)16(13-20)11-14-7-3-1-4-8-14/h1-10,16,20H,11-13H2,(H,18,19). The van der Waals surface area contributed by atoms with Gasteiger partial charge in [-0.1, -0.05) is 60.7 Å². The molecule has 2 rings (SSSR count). The van der Waals surface area contributed by atoms with Crippen LogP contribution in [0.15, 0.2) is 60.7 Å². The van der Waals surface area contributed by atoms with Gasteiger partial charge in [0.25, 0.3) is 0 Å². The van der Waals surface area contributed by atoms with E-state index in [1.54, 1.807) is 0 Å². The maximum atomic E-state index is 12.2. The molecule has 0 aliphatic heterocycles. The molecular formula is C17H19NOS. The largest absolute Gasteiger partial charge is 0.352 e. The smallest absolute Gasteiger partial charge is 0.224 e. The number of carbonyl (C=O) groups excluding carboxylic acids is 1. The highest BCUT2D eigenvalue weighted by Crippen LogP contribution is 2.11. The zero-order valence-electron chi connectivity index (χ0n) is 11.3. The molecule has 2 aromatic carbocycles. The molecule has 2 aromatic rings. The van der Waals surface area contributed by atoms with E-state index in [2.05, 4.69) is 17.9 Å². The first-order valence-electron chi connectivity index (χ1n) is 6.76. The Morgan fingerprint density at radius 3 is 2.05 bits per heavy atom. The lowest BCUT2D eigenvalue weighted by molar-refractivity contribution is -0.124. The van der Waals surface area contributed by atoms with Crippen LogP contribution in [-0.4, -0.2) is 11.7 Å². The fourth-order valence-electron chi connectivity index (χ4n) is 2.07. The predicted molar refractivity (Wildman–Crippen MR) is 85.8 cm³/mol. The summed E-state index contributed by atoms with van der Waals surface area (Å²) >= 11 is 4.30. The van der Waals surface area contributed by atoms with Gasteiger partial charge in [-0.15, -0.1) is 0 Å². The van der Waals surface area contributed by atoms with Crippen molar-refractivity contribution in [1.29, 1.82) is 0 Å². The molecule has 104 valence electrons. The second-order valence-corrected chi connectivity index (χ2v) is 5.14. The molecule has 0 saturated heterocycles. The lowest BCUT2D eigenvalue weighted by atomic mass is 10.00. The third-order valence-corrected chi connectivity index (χ3v) is 3.67. The van der Waals surface area contributed by atoms with E-state index < -0.39 is 0 Å². The summed E-state index contributed by atoms with van der Waals surface area (Å²) in [7, 11) is 0. The molecule has 0 spiro atoms. The van der Waals surface area contributed by atoms with Crippen LogP contribution in [0.4, 0.5) is 0 Å². The molecule has 0 bridgehead atoms. The number of nitrogens with one attached hydrogen (secondary N) is 1. The van der Waals surface area contributed by atoms with Crippen LogP contribution >= 0.6 is 12.6 Å². The third-order valence-electron chi connectivity index (χ3n) is 3.23. The van der Waals surface area contributed by atoms with E-state index in [0.29, 0.717) is 12.3 Å². The average Bonchev–Trinajstić information content (AvgIpc) is 2.52. The van der Waals surface area contributed by atoms with Crippen LogP contribution < -0.4 is 5.32 Å². The molecule has 0 fully saturated rings. The van der Waals surface area contributed by atoms with Gasteiger partial charge >= 0.3 is 0 Å². The molecule has 0 heterocycles. The van der Waals surface area contributed by atoms with Gasteiger partial charge in [0.15, 0.2) is 0 Å². The van der Waals surface area contributed by atoms with Gasteiger partial charge in [-0.05, 0) is 17.5 Å². The lowest BCUT2D eigenvalue weighted by Crippen LogP contribution is -2.32. The van der Waals surface area contributed by atoms with Crippen molar-refractivity contribution >= 4 is 18.5 Å². The van der Waals surface area contributed by atoms with Gasteiger partial charge in [0.1, 0.15) is 0 Å². The van der Waals surface area contributed by atoms with E-state index in [1.165, 1.54) is 5.56 Å². The van der Waals surface area contributed by atoms with Crippen LogP contribution in [0.5, 0.6) is 0 Å². The Hall–Kier alpha value is -1.74. The first kappa shape index (κ1) is 14.7. The van der Waals surface area contributed by atoms with Crippen molar-refractivity contribution < 1.29 is 4.79 Å². The van der Waals surface area contributed by atoms with Crippen LogP contribution in [0, 0.1) is 5.92 Å². The highest BCUT2D eigenvalue weighted by Gasteiger charge is 2.16. The molecule has 0 saturated carbocycles. The van der Waals surface area contributed by atoms with Crippen molar-refractivity contribution in [2.75, 3.05) is 5.75 Å². The van der Waals surface area contributed by atoms with Crippen molar-refractivity contribution in [1.82, 2.24) is 5.32 Å². The van der Waals surface area contributed by atoms with Gasteiger partial charge in [0.05, 0.1) is 5.92 Å². The van der Waals surface area contributed by atoms with Gasteiger partial charge in [-0.2, -0.15) is 12.6 Å². The van der Waals surface area contributed by atoms with Crippen molar-refractivity contribution in [3.8, 4) is 0 Å². The topological polar surface area (TPSA) is 29.1 Å². The summed E-state index contributed by atoms with van der Waals surface area (Å²) in [5.41, 5.74) is 2.28. The molecule has 1 amide bonds. The van der Waals surface area contributed by atoms with Gasteiger partial charge < -0.3 is 5.32 Å². The van der Waals surface area contributed by atoms with E-state index >= 15 is 0 Å². The Balaban J connectivity index is 1.89. The Morgan fingerprint density at radius 2 is 1.50 bits per heavy atom. The second-order valence-electron chi connectivity index (χ2n) is 4.77. The minimum absolute atomic E-state index is 0.0627. The van der Waals surface area contributed by atoms with Crippen molar-refractivity contribution in [2.45, 2.75) is 13.0 Å². The van der Waals surface area contributed by atoms with E-state index in [1.807, 2.05) is 60.7 Å². The fraction of sp³-hybridized carbons (Fsp3) is 0.235. The number of thiol groups is 1. The molecule has 3 heteroatoms. The minimum Gasteiger partial charge on any atom is -0.352 e. The first-order chi connectivity index (χ1) is 9.79. The minimum atomic E-state index is -0.0931. The number of carbonyl (C=O) groups is 1. The van der Waals surface area contributed by atoms with Crippen LogP contribution in [0.3, 0.4) is 0 Å². The van der Waals surface area contributed by atoms with Crippen LogP contribution in [0.1, 0.15) is 11.1 Å². The van der Waals surface area contributed by atoms with E-state index in [9.17, 15) is 4.79 Å². The van der Waals surface area contributed by atoms with Gasteiger partial charge in [0.2, 0.25) is 5.91 Å². The average molecular weight is 285 g/mol. The Bertz CT molecular complexity index is 527. The highest BCUT2D eigenvalue weighted by atomic mass is 32.1. The van der Waals surface area contributed by atoms with Crippen LogP contribution in [0.25, 0.3) is 0 Å². The van der Waals surface area contributed by atoms with Crippen LogP contribution in [0.2, 0.25) is 0 Å². The van der Waals surface area contributed by atoms with E-state index in [0.717, 1.165) is 12.0 Å². The van der Waals surface area contributed by atoms with Gasteiger partial charge in [-0.3, -0.25) is 4.79 Å². The summed E-state index contributed by atoms with van der Waals surface area (Å²) < 4.78 is 0. The molecule has 1 atom stereocenters. The van der Waals surface area contributed by atoms with E-state index in [-0.39, 0.29) is 11.8 Å². The normalized spacial score (nSPS) is 11.8. The predicted octanol–water partition coefficient (Wildman–Crippen LogP) is 3.09. The highest BCUT2D eigenvalue weighted by molar-refractivity contribution is 7.80. The van der Waals surface area contributed by atoms with Gasteiger partial charge in [0, 0.05) is 12.3 Å². The maximum Gasteiger partial charge on any atom is 0.224 e. The summed E-state index contributed by atoms with van der Waals surface area (Å²) in [5.74, 6) is 0.521. The van der Waals surface area contributed by atoms with Crippen molar-refractivity contribution in [3.05, 3.63) is 71.8 Å². The molecular weight excluding hydrogens is 266 g/mol. The summed E-state index contributed by atoms with van der Waals surface area (Å²) in [6.07, 6.45) is 0.727. The quantitative estimate of drug-likeness (QED) is 0.785. The number of benzene rings is 2. The lowest BCUT2D eigenvalue weighted by Gasteiger charge is -2.14. The van der Waals surface area contributed by atoms with E-state index in [4.69, 9.17) is 0 Å². The number of hydrogen-bond acceptors (Lipinski definition) is 2. The summed E-state index contributed by atoms with van der Waals surface area (Å²) in [6.45, 7) is 0.568. The number of rotatable bonds is 6. The summed E-state index contributed by atoms with van der Waals surface area (Å²) in [5, 5.41) is 2.98. The maximum absolute atomic E-state index is 12.2. The fourth-order valence-corrected chi connectivity index (χ4v) is 2.36. The Kier molecular flexibility index (Phi) is 5.69. The van der Waals surface area contributed by atoms with Crippen molar-refractivity contribution in [3.63, 3.8) is 0 Å². The molecule has 0 aliphatic carbocycles. The number of amides is 1. The molecule has 1 unspecified atom stereocenters. The van der Waals surface area contributed by atoms with Gasteiger partial charge in [-0.25, -0.2) is 0 Å². The number of hydrogen-bond donors (Lipinski definition) is 2. The van der Waals surface area contributed by atoms with Crippen molar-refractivity contribution in [2.24, 2.45) is 5.92 Å². The monoisotopic (exact) mass is 285 g/mol. The Morgan fingerprint density at radius 1 is 0.950 bits per heavy atom. The summed E-state index contributed by atoms with van der Waals surface area (Å²) in [4.78, 5) is 12.2. The third kappa shape index (κ3) is 4.42. The zero-order valence-corrected chi connectivity index (χ0v) is 12.2. The van der Waals surface area contributed by atoms with Crippen LogP contribution in [-0.2, 0) is 17.8 Å². The first-order valence-corrected chi connectivity index (χ1v) is 7.39. The molecule has 1 N–H and O–H groups in total. The summed E-state index contributed by atoms with van der Waals surface area (Å²) in [6, 6.07) is 20.0. The SMILES string of the molecule is O=C(NCc1ccccc1)C(CS)Cc1ccccc1.